The van der Waals surface area contributed by atoms with Crippen molar-refractivity contribution in [1.82, 2.24) is 9.97 Å². The van der Waals surface area contributed by atoms with Crippen molar-refractivity contribution in [2.45, 2.75) is 38.2 Å². The van der Waals surface area contributed by atoms with E-state index in [2.05, 4.69) is 34.1 Å². The number of hydrogen-bond acceptors (Lipinski definition) is 4. The molecule has 24 heavy (non-hydrogen) atoms. The first-order valence-corrected chi connectivity index (χ1v) is 9.11. The van der Waals surface area contributed by atoms with E-state index >= 15 is 0 Å². The lowest BCUT2D eigenvalue weighted by atomic mass is 9.90. The van der Waals surface area contributed by atoms with Gasteiger partial charge in [0.2, 0.25) is 0 Å². The van der Waals surface area contributed by atoms with Crippen molar-refractivity contribution in [1.29, 1.82) is 0 Å². The lowest BCUT2D eigenvalue weighted by molar-refractivity contribution is 0.0531. The maximum Gasteiger partial charge on any atom is 0.135 e. The predicted octanol–water partition coefficient (Wildman–Crippen LogP) is 3.46. The Hall–Kier alpha value is -1.94. The molecule has 1 aromatic carbocycles. The first-order chi connectivity index (χ1) is 11.9. The molecule has 1 atom stereocenters. The van der Waals surface area contributed by atoms with E-state index in [1.165, 1.54) is 31.2 Å². The second-order valence-corrected chi connectivity index (χ2v) is 6.87. The summed E-state index contributed by atoms with van der Waals surface area (Å²) in [4.78, 5) is 11.7. The molecule has 4 rings (SSSR count). The van der Waals surface area contributed by atoms with Gasteiger partial charge in [-0.05, 0) is 43.2 Å². The number of anilines is 1. The summed E-state index contributed by atoms with van der Waals surface area (Å²) < 4.78 is 5.87. The van der Waals surface area contributed by atoms with Crippen molar-refractivity contribution in [2.75, 3.05) is 24.6 Å². The molecule has 2 aromatic rings. The third-order valence-corrected chi connectivity index (χ3v) is 5.25. The minimum Gasteiger partial charge on any atom is -0.378 e. The predicted molar refractivity (Wildman–Crippen MR) is 95.2 cm³/mol. The maximum atomic E-state index is 5.87. The first kappa shape index (κ1) is 15.6. The SMILES string of the molecule is c1ccc(Cc2nccc(N3CCC(C4CCCO4)CC3)n2)cc1. The third-order valence-electron chi connectivity index (χ3n) is 5.25. The summed E-state index contributed by atoms with van der Waals surface area (Å²) in [5.74, 6) is 2.70. The van der Waals surface area contributed by atoms with E-state index in [4.69, 9.17) is 9.72 Å². The number of hydrogen-bond donors (Lipinski definition) is 0. The summed E-state index contributed by atoms with van der Waals surface area (Å²) in [5.41, 5.74) is 1.26. The van der Waals surface area contributed by atoms with E-state index in [0.717, 1.165) is 43.7 Å². The van der Waals surface area contributed by atoms with Crippen LogP contribution in [0.25, 0.3) is 0 Å². The van der Waals surface area contributed by atoms with Gasteiger partial charge in [-0.15, -0.1) is 0 Å². The summed E-state index contributed by atoms with van der Waals surface area (Å²) in [6, 6.07) is 12.5. The van der Waals surface area contributed by atoms with Crippen LogP contribution in [-0.4, -0.2) is 35.8 Å². The molecule has 4 nitrogen and oxygen atoms in total. The van der Waals surface area contributed by atoms with Crippen molar-refractivity contribution < 1.29 is 4.74 Å². The number of aromatic nitrogens is 2. The van der Waals surface area contributed by atoms with Gasteiger partial charge in [0.25, 0.3) is 0 Å². The Balaban J connectivity index is 1.39. The molecule has 0 aliphatic carbocycles. The van der Waals surface area contributed by atoms with Crippen LogP contribution in [0.5, 0.6) is 0 Å². The Kier molecular flexibility index (Phi) is 4.74. The van der Waals surface area contributed by atoms with E-state index in [0.29, 0.717) is 6.10 Å². The van der Waals surface area contributed by atoms with Gasteiger partial charge < -0.3 is 9.64 Å². The molecule has 1 unspecified atom stereocenters. The fourth-order valence-electron chi connectivity index (χ4n) is 3.90. The number of benzene rings is 1. The van der Waals surface area contributed by atoms with E-state index in [-0.39, 0.29) is 0 Å². The highest BCUT2D eigenvalue weighted by molar-refractivity contribution is 5.38. The third kappa shape index (κ3) is 3.59. The number of rotatable bonds is 4. The van der Waals surface area contributed by atoms with Crippen molar-refractivity contribution in [3.8, 4) is 0 Å². The van der Waals surface area contributed by atoms with Crippen LogP contribution in [0.4, 0.5) is 5.82 Å². The van der Waals surface area contributed by atoms with Crippen LogP contribution in [0.2, 0.25) is 0 Å². The van der Waals surface area contributed by atoms with E-state index in [1.54, 1.807) is 0 Å². The van der Waals surface area contributed by atoms with Gasteiger partial charge in [0, 0.05) is 32.3 Å². The Morgan fingerprint density at radius 1 is 1.04 bits per heavy atom. The van der Waals surface area contributed by atoms with Crippen molar-refractivity contribution in [2.24, 2.45) is 5.92 Å². The van der Waals surface area contributed by atoms with Crippen molar-refractivity contribution in [3.05, 3.63) is 54.0 Å². The average Bonchev–Trinajstić information content (AvgIpc) is 3.18. The molecule has 0 N–H and O–H groups in total. The Labute approximate surface area is 143 Å². The monoisotopic (exact) mass is 323 g/mol. The largest absolute Gasteiger partial charge is 0.378 e. The summed E-state index contributed by atoms with van der Waals surface area (Å²) in [5, 5.41) is 0. The van der Waals surface area contributed by atoms with Gasteiger partial charge >= 0.3 is 0 Å². The van der Waals surface area contributed by atoms with Gasteiger partial charge in [0.05, 0.1) is 6.10 Å². The first-order valence-electron chi connectivity index (χ1n) is 9.11. The minimum atomic E-state index is 0.506. The number of ether oxygens (including phenoxy) is 1. The van der Waals surface area contributed by atoms with Crippen molar-refractivity contribution in [3.63, 3.8) is 0 Å². The highest BCUT2D eigenvalue weighted by atomic mass is 16.5. The van der Waals surface area contributed by atoms with Crippen LogP contribution in [0.3, 0.4) is 0 Å². The summed E-state index contributed by atoms with van der Waals surface area (Å²) in [6.07, 6.45) is 8.10. The van der Waals surface area contributed by atoms with E-state index < -0.39 is 0 Å². The highest BCUT2D eigenvalue weighted by Gasteiger charge is 2.29. The standard InChI is InChI=1S/C20H25N3O/c1-2-5-16(6-3-1)15-19-21-11-8-20(22-19)23-12-9-17(10-13-23)18-7-4-14-24-18/h1-3,5-6,8,11,17-18H,4,7,9-10,12-15H2. The van der Waals surface area contributed by atoms with Gasteiger partial charge in [-0.3, -0.25) is 0 Å². The van der Waals surface area contributed by atoms with Crippen LogP contribution in [-0.2, 0) is 11.2 Å². The molecular weight excluding hydrogens is 298 g/mol. The quantitative estimate of drug-likeness (QED) is 0.863. The molecule has 3 heterocycles. The molecule has 1 aromatic heterocycles. The lowest BCUT2D eigenvalue weighted by Crippen LogP contribution is -2.38. The summed E-state index contributed by atoms with van der Waals surface area (Å²) in [6.45, 7) is 3.11. The molecule has 0 radical (unpaired) electrons. The second-order valence-electron chi connectivity index (χ2n) is 6.87. The Bertz CT molecular complexity index is 647. The zero-order chi connectivity index (χ0) is 16.2. The molecule has 2 fully saturated rings. The van der Waals surface area contributed by atoms with Gasteiger partial charge in [-0.1, -0.05) is 30.3 Å². The molecule has 0 spiro atoms. The maximum absolute atomic E-state index is 5.87. The fraction of sp³-hybridized carbons (Fsp3) is 0.500. The van der Waals surface area contributed by atoms with Gasteiger partial charge in [-0.2, -0.15) is 0 Å². The highest BCUT2D eigenvalue weighted by Crippen LogP contribution is 2.30. The summed E-state index contributed by atoms with van der Waals surface area (Å²) >= 11 is 0. The van der Waals surface area contributed by atoms with Gasteiger partial charge in [-0.25, -0.2) is 9.97 Å². The second kappa shape index (κ2) is 7.31. The zero-order valence-electron chi connectivity index (χ0n) is 14.1. The number of piperidine rings is 1. The van der Waals surface area contributed by atoms with Crippen LogP contribution in [0, 0.1) is 5.92 Å². The van der Waals surface area contributed by atoms with Crippen LogP contribution < -0.4 is 4.90 Å². The van der Waals surface area contributed by atoms with Gasteiger partial charge in [0.15, 0.2) is 0 Å². The van der Waals surface area contributed by atoms with Gasteiger partial charge in [0.1, 0.15) is 11.6 Å². The van der Waals surface area contributed by atoms with Crippen LogP contribution in [0.15, 0.2) is 42.6 Å². The normalized spacial score (nSPS) is 22.0. The molecular formula is C20H25N3O. The molecule has 0 saturated carbocycles. The zero-order valence-corrected chi connectivity index (χ0v) is 14.1. The Morgan fingerprint density at radius 3 is 2.62 bits per heavy atom. The van der Waals surface area contributed by atoms with E-state index in [1.807, 2.05) is 18.3 Å². The topological polar surface area (TPSA) is 38.2 Å². The molecule has 2 aliphatic heterocycles. The molecule has 126 valence electrons. The molecule has 2 aliphatic rings. The van der Waals surface area contributed by atoms with Crippen molar-refractivity contribution >= 4 is 5.82 Å². The molecule has 4 heteroatoms. The molecule has 0 amide bonds. The average molecular weight is 323 g/mol. The molecule has 2 saturated heterocycles. The lowest BCUT2D eigenvalue weighted by Gasteiger charge is -2.35. The van der Waals surface area contributed by atoms with E-state index in [9.17, 15) is 0 Å². The minimum absolute atomic E-state index is 0.506. The summed E-state index contributed by atoms with van der Waals surface area (Å²) in [7, 11) is 0. The fourth-order valence-corrected chi connectivity index (χ4v) is 3.90. The Morgan fingerprint density at radius 2 is 1.88 bits per heavy atom. The van der Waals surface area contributed by atoms with Crippen LogP contribution in [0.1, 0.15) is 37.1 Å². The smallest absolute Gasteiger partial charge is 0.135 e. The molecule has 0 bridgehead atoms. The van der Waals surface area contributed by atoms with Crippen LogP contribution >= 0.6 is 0 Å². The number of nitrogens with zero attached hydrogens (tertiary/aromatic N) is 3.